The number of aliphatic imine (C=N–C) groups is 1. The summed E-state index contributed by atoms with van der Waals surface area (Å²) < 4.78 is 46.2. The number of anilines is 2. The predicted molar refractivity (Wildman–Crippen MR) is 114 cm³/mol. The van der Waals surface area contributed by atoms with Crippen molar-refractivity contribution in [3.05, 3.63) is 34.7 Å². The number of nitrogens with one attached hydrogen (secondary N) is 1. The van der Waals surface area contributed by atoms with Gasteiger partial charge in [-0.3, -0.25) is 4.99 Å². The molecule has 3 aliphatic rings. The molecule has 1 aromatic rings. The topological polar surface area (TPSA) is 68.2 Å². The molecule has 1 aromatic heterocycles. The summed E-state index contributed by atoms with van der Waals surface area (Å²) in [7, 11) is 2.75. The van der Waals surface area contributed by atoms with Gasteiger partial charge < -0.3 is 24.4 Å². The maximum absolute atomic E-state index is 15.2. The van der Waals surface area contributed by atoms with Crippen LogP contribution in [0, 0.1) is 0 Å². The van der Waals surface area contributed by atoms with Crippen molar-refractivity contribution in [2.75, 3.05) is 57.0 Å². The van der Waals surface area contributed by atoms with E-state index in [0.29, 0.717) is 32.1 Å². The number of thioether (sulfide) groups is 1. The number of morpholine rings is 1. The minimum absolute atomic E-state index is 0.00611. The van der Waals surface area contributed by atoms with Crippen molar-refractivity contribution in [1.82, 2.24) is 4.98 Å². The van der Waals surface area contributed by atoms with Crippen LogP contribution in [-0.4, -0.2) is 69.6 Å². The van der Waals surface area contributed by atoms with E-state index in [9.17, 15) is 0 Å². The molecule has 1 N–H and O–H groups in total. The van der Waals surface area contributed by atoms with E-state index in [1.807, 2.05) is 6.26 Å². The fourth-order valence-corrected chi connectivity index (χ4v) is 4.13. The lowest BCUT2D eigenvalue weighted by Crippen LogP contribution is -2.38. The first kappa shape index (κ1) is 21.1. The van der Waals surface area contributed by atoms with Crippen molar-refractivity contribution in [2.45, 2.75) is 18.0 Å². The van der Waals surface area contributed by atoms with E-state index in [1.165, 1.54) is 14.2 Å². The molecule has 1 aliphatic carbocycles. The van der Waals surface area contributed by atoms with Gasteiger partial charge in [0.05, 0.1) is 37.3 Å². The van der Waals surface area contributed by atoms with Crippen molar-refractivity contribution in [3.8, 4) is 0 Å². The van der Waals surface area contributed by atoms with E-state index in [2.05, 4.69) is 15.2 Å². The van der Waals surface area contributed by atoms with Crippen LogP contribution in [0.2, 0.25) is 0 Å². The third-order valence-corrected chi connectivity index (χ3v) is 6.01. The van der Waals surface area contributed by atoms with Gasteiger partial charge in [0.25, 0.3) is 0 Å². The molecule has 30 heavy (non-hydrogen) atoms. The molecule has 2 atom stereocenters. The monoisotopic (exact) mass is 438 g/mol. The Bertz CT molecular complexity index is 916. The molecule has 162 valence electrons. The summed E-state index contributed by atoms with van der Waals surface area (Å²) in [6, 6.07) is 1.64. The molecule has 7 nitrogen and oxygen atoms in total. The van der Waals surface area contributed by atoms with Gasteiger partial charge in [-0.2, -0.15) is 0 Å². The number of nitrogens with zero attached hydrogens (tertiary/aromatic N) is 3. The van der Waals surface area contributed by atoms with E-state index >= 15 is 8.78 Å². The van der Waals surface area contributed by atoms with Crippen LogP contribution in [0.3, 0.4) is 0 Å². The van der Waals surface area contributed by atoms with E-state index in [1.54, 1.807) is 24.0 Å². The van der Waals surface area contributed by atoms with Gasteiger partial charge in [-0.15, -0.1) is 11.8 Å². The van der Waals surface area contributed by atoms with Crippen molar-refractivity contribution < 1.29 is 23.0 Å². The number of fused-ring (bicyclic) bond motifs is 1. The SMILES string of the molecule is COC1=C(F)C(c2cc3c(c(N4CCOCC4)n2)NC(SC)N=C3)=C(F)C(OC)C1. The minimum atomic E-state index is -0.924. The number of aromatic nitrogens is 1. The number of methoxy groups -OCH3 is 2. The Morgan fingerprint density at radius 1 is 1.27 bits per heavy atom. The molecular formula is C20H24F2N4O3S. The lowest BCUT2D eigenvalue weighted by Gasteiger charge is -2.33. The average molecular weight is 439 g/mol. The smallest absolute Gasteiger partial charge is 0.172 e. The molecule has 3 heterocycles. The second-order valence-corrected chi connectivity index (χ2v) is 7.92. The number of hydrogen-bond acceptors (Lipinski definition) is 8. The second kappa shape index (κ2) is 8.91. The lowest BCUT2D eigenvalue weighted by molar-refractivity contribution is 0.0927. The van der Waals surface area contributed by atoms with Gasteiger partial charge in [0.2, 0.25) is 0 Å². The third kappa shape index (κ3) is 3.79. The van der Waals surface area contributed by atoms with E-state index in [-0.39, 0.29) is 28.9 Å². The molecule has 4 rings (SSSR count). The number of pyridine rings is 1. The van der Waals surface area contributed by atoms with Crippen LogP contribution in [0.15, 0.2) is 28.5 Å². The molecule has 0 amide bonds. The van der Waals surface area contributed by atoms with Crippen LogP contribution in [0.5, 0.6) is 0 Å². The largest absolute Gasteiger partial charge is 0.498 e. The molecular weight excluding hydrogens is 414 g/mol. The van der Waals surface area contributed by atoms with Gasteiger partial charge in [0.15, 0.2) is 17.1 Å². The number of hydrogen-bond donors (Lipinski definition) is 1. The van der Waals surface area contributed by atoms with Gasteiger partial charge in [-0.25, -0.2) is 13.8 Å². The Labute approximate surface area is 178 Å². The van der Waals surface area contributed by atoms with Crippen LogP contribution in [0.25, 0.3) is 5.57 Å². The summed E-state index contributed by atoms with van der Waals surface area (Å²) in [6.07, 6.45) is 2.74. The molecule has 0 radical (unpaired) electrons. The molecule has 0 aromatic carbocycles. The number of halogens is 2. The quantitative estimate of drug-likeness (QED) is 0.756. The van der Waals surface area contributed by atoms with E-state index < -0.39 is 17.8 Å². The Morgan fingerprint density at radius 3 is 2.70 bits per heavy atom. The first-order valence-electron chi connectivity index (χ1n) is 9.63. The van der Waals surface area contributed by atoms with Gasteiger partial charge >= 0.3 is 0 Å². The molecule has 1 fully saturated rings. The highest BCUT2D eigenvalue weighted by atomic mass is 32.2. The predicted octanol–water partition coefficient (Wildman–Crippen LogP) is 3.34. The highest BCUT2D eigenvalue weighted by molar-refractivity contribution is 7.99. The molecule has 0 spiro atoms. The molecule has 0 bridgehead atoms. The lowest BCUT2D eigenvalue weighted by atomic mass is 9.96. The standard InChI is InChI=1S/C20H24F2N4O3S/c1-27-13-9-14(28-2)17(22)15(16(13)21)12-8-11-10-23-20(30-3)25-18(11)19(24-12)26-4-6-29-7-5-26/h8,10,13,20,25H,4-7,9H2,1-3H3. The Hall–Kier alpha value is -2.17. The molecule has 2 unspecified atom stereocenters. The zero-order valence-electron chi connectivity index (χ0n) is 17.1. The first-order chi connectivity index (χ1) is 14.6. The zero-order valence-corrected chi connectivity index (χ0v) is 17.9. The van der Waals surface area contributed by atoms with E-state index in [0.717, 1.165) is 11.3 Å². The fourth-order valence-electron chi connectivity index (χ4n) is 3.71. The van der Waals surface area contributed by atoms with Crippen LogP contribution in [0.1, 0.15) is 17.7 Å². The Morgan fingerprint density at radius 2 is 2.03 bits per heavy atom. The summed E-state index contributed by atoms with van der Waals surface area (Å²) in [4.78, 5) is 11.2. The van der Waals surface area contributed by atoms with E-state index in [4.69, 9.17) is 19.2 Å². The Balaban J connectivity index is 1.87. The summed E-state index contributed by atoms with van der Waals surface area (Å²) >= 11 is 1.55. The molecule has 0 saturated carbocycles. The average Bonchev–Trinajstić information content (AvgIpc) is 2.79. The maximum Gasteiger partial charge on any atom is 0.172 e. The third-order valence-electron chi connectivity index (χ3n) is 5.33. The van der Waals surface area contributed by atoms with Crippen molar-refractivity contribution in [3.63, 3.8) is 0 Å². The molecule has 10 heteroatoms. The highest BCUT2D eigenvalue weighted by Gasteiger charge is 2.34. The van der Waals surface area contributed by atoms with Crippen molar-refractivity contribution >= 4 is 35.1 Å². The summed E-state index contributed by atoms with van der Waals surface area (Å²) in [5.74, 6) is -0.784. The minimum Gasteiger partial charge on any atom is -0.498 e. The van der Waals surface area contributed by atoms with Crippen LogP contribution in [-0.2, 0) is 14.2 Å². The second-order valence-electron chi connectivity index (χ2n) is 7.00. The number of allylic oxidation sites excluding steroid dienone is 2. The molecule has 1 saturated heterocycles. The van der Waals surface area contributed by atoms with Crippen LogP contribution in [0.4, 0.5) is 20.3 Å². The van der Waals surface area contributed by atoms with Crippen LogP contribution < -0.4 is 10.2 Å². The van der Waals surface area contributed by atoms with Gasteiger partial charge in [-0.05, 0) is 12.3 Å². The zero-order chi connectivity index (χ0) is 21.3. The summed E-state index contributed by atoms with van der Waals surface area (Å²) in [5, 5.41) is 3.36. The van der Waals surface area contributed by atoms with Crippen molar-refractivity contribution in [1.29, 1.82) is 0 Å². The van der Waals surface area contributed by atoms with Crippen molar-refractivity contribution in [2.24, 2.45) is 4.99 Å². The Kier molecular flexibility index (Phi) is 6.26. The highest BCUT2D eigenvalue weighted by Crippen LogP contribution is 2.42. The molecule has 2 aliphatic heterocycles. The summed E-state index contributed by atoms with van der Waals surface area (Å²) in [5.41, 5.74) is 1.31. The van der Waals surface area contributed by atoms with Crippen LogP contribution >= 0.6 is 11.8 Å². The number of ether oxygens (including phenoxy) is 3. The van der Waals surface area contributed by atoms with Gasteiger partial charge in [0.1, 0.15) is 17.7 Å². The maximum atomic E-state index is 15.2. The summed E-state index contributed by atoms with van der Waals surface area (Å²) in [6.45, 7) is 2.39. The first-order valence-corrected chi connectivity index (χ1v) is 10.9. The fraction of sp³-hybridized carbons (Fsp3) is 0.500. The number of rotatable bonds is 5. The normalized spacial score (nSPS) is 24.1. The van der Waals surface area contributed by atoms with Gasteiger partial charge in [0, 0.05) is 38.4 Å². The van der Waals surface area contributed by atoms with Gasteiger partial charge in [-0.1, -0.05) is 0 Å².